The highest BCUT2D eigenvalue weighted by Crippen LogP contribution is 2.49. The lowest BCUT2D eigenvalue weighted by molar-refractivity contribution is -0.141. The molecule has 0 aliphatic carbocycles. The first kappa shape index (κ1) is 19.5. The van der Waals surface area contributed by atoms with Crippen LogP contribution in [0.15, 0.2) is 102 Å². The Bertz CT molecular complexity index is 1380. The number of fused-ring (bicyclic) bond motifs is 1. The van der Waals surface area contributed by atoms with Crippen molar-refractivity contribution in [2.75, 3.05) is 0 Å². The van der Waals surface area contributed by atoms with Crippen LogP contribution in [0.25, 0.3) is 10.8 Å². The fourth-order valence-corrected chi connectivity index (χ4v) is 5.86. The van der Waals surface area contributed by atoms with E-state index in [-0.39, 0.29) is 4.90 Å². The van der Waals surface area contributed by atoms with Crippen molar-refractivity contribution < 1.29 is 13.2 Å². The van der Waals surface area contributed by atoms with E-state index in [1.165, 1.54) is 0 Å². The molecule has 0 radical (unpaired) electrons. The molecule has 0 spiro atoms. The number of hydrogen-bond donors (Lipinski definition) is 0. The Morgan fingerprint density at radius 2 is 1.35 bits per heavy atom. The Hall–Kier alpha value is -3.44. The molecular formula is C26H21NO3S. The van der Waals surface area contributed by atoms with Crippen LogP contribution < -0.4 is 0 Å². The van der Waals surface area contributed by atoms with Crippen molar-refractivity contribution in [3.63, 3.8) is 0 Å². The molecular weight excluding hydrogens is 406 g/mol. The Kier molecular flexibility index (Phi) is 4.63. The van der Waals surface area contributed by atoms with E-state index in [9.17, 15) is 13.2 Å². The van der Waals surface area contributed by atoms with Gasteiger partial charge in [0.25, 0.3) is 10.0 Å². The summed E-state index contributed by atoms with van der Waals surface area (Å²) >= 11 is 0. The number of carbonyl (C=O) groups is 1. The number of nitrogens with zero attached hydrogens (tertiary/aromatic N) is 1. The van der Waals surface area contributed by atoms with Crippen LogP contribution >= 0.6 is 0 Å². The van der Waals surface area contributed by atoms with Gasteiger partial charge in [-0.2, -0.15) is 0 Å². The molecule has 1 aliphatic rings. The summed E-state index contributed by atoms with van der Waals surface area (Å²) in [6, 6.07) is 29.2. The lowest BCUT2D eigenvalue weighted by Gasteiger charge is -2.46. The van der Waals surface area contributed by atoms with Gasteiger partial charge in [-0.25, -0.2) is 12.7 Å². The van der Waals surface area contributed by atoms with Crippen LogP contribution in [0.3, 0.4) is 0 Å². The second-order valence-corrected chi connectivity index (χ2v) is 9.71. The van der Waals surface area contributed by atoms with Gasteiger partial charge in [-0.05, 0) is 47.0 Å². The lowest BCUT2D eigenvalue weighted by Crippen LogP contribution is -2.55. The van der Waals surface area contributed by atoms with Gasteiger partial charge in [0.2, 0.25) is 5.91 Å². The highest BCUT2D eigenvalue weighted by molar-refractivity contribution is 7.89. The minimum atomic E-state index is -3.98. The second kappa shape index (κ2) is 7.36. The van der Waals surface area contributed by atoms with Crippen molar-refractivity contribution in [3.05, 3.63) is 114 Å². The molecule has 154 valence electrons. The van der Waals surface area contributed by atoms with E-state index < -0.39 is 27.9 Å². The van der Waals surface area contributed by atoms with Crippen molar-refractivity contribution in [2.24, 2.45) is 0 Å². The van der Waals surface area contributed by atoms with Gasteiger partial charge in [0.05, 0.1) is 16.9 Å². The lowest BCUT2D eigenvalue weighted by atomic mass is 9.79. The number of hydrogen-bond acceptors (Lipinski definition) is 3. The topological polar surface area (TPSA) is 54.5 Å². The maximum absolute atomic E-state index is 13.5. The molecule has 0 bridgehead atoms. The standard InChI is InChI=1S/C26H21NO3S/c1-18-11-15-23(16-12-18)31(29,30)27-25(24(26(27)28)20-8-3-2-4-9-20)22-14-13-19-7-5-6-10-21(19)17-22/h2-17,24-25H,1H3/t24-,25-/m0/s1. The van der Waals surface area contributed by atoms with Crippen molar-refractivity contribution in [2.45, 2.75) is 23.8 Å². The molecule has 0 N–H and O–H groups in total. The average Bonchev–Trinajstić information content (AvgIpc) is 2.78. The largest absolute Gasteiger partial charge is 0.273 e. The SMILES string of the molecule is Cc1ccc(S(=O)(=O)N2C(=O)[C@@H](c3ccccc3)[C@@H]2c2ccc3ccccc3c2)cc1. The van der Waals surface area contributed by atoms with Crippen LogP contribution in [0.2, 0.25) is 0 Å². The fourth-order valence-electron chi connectivity index (χ4n) is 4.26. The predicted molar refractivity (Wildman–Crippen MR) is 121 cm³/mol. The second-order valence-electron chi connectivity index (χ2n) is 7.89. The van der Waals surface area contributed by atoms with Gasteiger partial charge in [0.15, 0.2) is 0 Å². The monoisotopic (exact) mass is 427 g/mol. The Morgan fingerprint density at radius 3 is 2.06 bits per heavy atom. The van der Waals surface area contributed by atoms with Crippen molar-refractivity contribution in [1.82, 2.24) is 4.31 Å². The van der Waals surface area contributed by atoms with Gasteiger partial charge in [0.1, 0.15) is 0 Å². The molecule has 31 heavy (non-hydrogen) atoms. The molecule has 1 saturated heterocycles. The number of aryl methyl sites for hydroxylation is 1. The summed E-state index contributed by atoms with van der Waals surface area (Å²) in [5, 5.41) is 2.08. The molecule has 1 heterocycles. The highest BCUT2D eigenvalue weighted by atomic mass is 32.2. The zero-order valence-electron chi connectivity index (χ0n) is 17.0. The zero-order valence-corrected chi connectivity index (χ0v) is 17.8. The maximum Gasteiger partial charge on any atom is 0.267 e. The predicted octanol–water partition coefficient (Wildman–Crippen LogP) is 5.20. The van der Waals surface area contributed by atoms with Crippen LogP contribution in [0, 0.1) is 6.92 Å². The molecule has 0 saturated carbocycles. The quantitative estimate of drug-likeness (QED) is 0.421. The third kappa shape index (κ3) is 3.22. The summed E-state index contributed by atoms with van der Waals surface area (Å²) in [6.07, 6.45) is 0. The number of rotatable bonds is 4. The van der Waals surface area contributed by atoms with Gasteiger partial charge >= 0.3 is 0 Å². The van der Waals surface area contributed by atoms with Gasteiger partial charge in [0, 0.05) is 0 Å². The number of β-lactam (4-membered cyclic amide) rings is 1. The smallest absolute Gasteiger partial charge is 0.267 e. The van der Waals surface area contributed by atoms with Crippen LogP contribution in [-0.2, 0) is 14.8 Å². The van der Waals surface area contributed by atoms with E-state index in [0.29, 0.717) is 0 Å². The molecule has 1 aliphatic heterocycles. The summed E-state index contributed by atoms with van der Waals surface area (Å²) in [5.41, 5.74) is 2.59. The molecule has 5 rings (SSSR count). The van der Waals surface area contributed by atoms with E-state index in [4.69, 9.17) is 0 Å². The first-order valence-electron chi connectivity index (χ1n) is 10.2. The molecule has 0 unspecified atom stereocenters. The van der Waals surface area contributed by atoms with E-state index in [2.05, 4.69) is 0 Å². The molecule has 4 aromatic rings. The van der Waals surface area contributed by atoms with E-state index >= 15 is 0 Å². The Balaban J connectivity index is 1.64. The number of sulfonamides is 1. The average molecular weight is 428 g/mol. The van der Waals surface area contributed by atoms with Gasteiger partial charge in [-0.3, -0.25) is 4.79 Å². The summed E-state index contributed by atoms with van der Waals surface area (Å²) in [4.78, 5) is 13.4. The minimum absolute atomic E-state index is 0.128. The Morgan fingerprint density at radius 1 is 0.710 bits per heavy atom. The third-order valence-corrected chi connectivity index (χ3v) is 7.70. The first-order chi connectivity index (χ1) is 15.0. The molecule has 2 atom stereocenters. The van der Waals surface area contributed by atoms with Crippen molar-refractivity contribution in [1.29, 1.82) is 0 Å². The molecule has 5 heteroatoms. The molecule has 1 amide bonds. The molecule has 0 aromatic heterocycles. The molecule has 1 fully saturated rings. The third-order valence-electron chi connectivity index (χ3n) is 5.90. The maximum atomic E-state index is 13.5. The van der Waals surface area contributed by atoms with E-state index in [1.54, 1.807) is 24.3 Å². The first-order valence-corrected chi connectivity index (χ1v) is 11.6. The van der Waals surface area contributed by atoms with Crippen LogP contribution in [0.4, 0.5) is 0 Å². The summed E-state index contributed by atoms with van der Waals surface area (Å²) < 4.78 is 28.0. The van der Waals surface area contributed by atoms with Crippen molar-refractivity contribution >= 4 is 26.7 Å². The Labute approximate surface area is 181 Å². The molecule has 4 nitrogen and oxygen atoms in total. The minimum Gasteiger partial charge on any atom is -0.273 e. The van der Waals surface area contributed by atoms with Gasteiger partial charge in [-0.1, -0.05) is 84.4 Å². The van der Waals surface area contributed by atoms with E-state index in [1.807, 2.05) is 79.7 Å². The number of benzene rings is 4. The molecule has 4 aromatic carbocycles. The van der Waals surface area contributed by atoms with Gasteiger partial charge < -0.3 is 0 Å². The summed E-state index contributed by atoms with van der Waals surface area (Å²) in [6.45, 7) is 1.90. The summed E-state index contributed by atoms with van der Waals surface area (Å²) in [7, 11) is -3.98. The van der Waals surface area contributed by atoms with Crippen LogP contribution in [0.5, 0.6) is 0 Å². The van der Waals surface area contributed by atoms with Gasteiger partial charge in [-0.15, -0.1) is 0 Å². The fraction of sp³-hybridized carbons (Fsp3) is 0.115. The zero-order chi connectivity index (χ0) is 21.6. The highest BCUT2D eigenvalue weighted by Gasteiger charge is 2.54. The van der Waals surface area contributed by atoms with Crippen LogP contribution in [0.1, 0.15) is 28.7 Å². The normalized spacial score (nSPS) is 18.7. The van der Waals surface area contributed by atoms with Crippen molar-refractivity contribution in [3.8, 4) is 0 Å². The number of amides is 1. The summed E-state index contributed by atoms with van der Waals surface area (Å²) in [5.74, 6) is -0.937. The van der Waals surface area contributed by atoms with Crippen LogP contribution in [-0.4, -0.2) is 18.6 Å². The van der Waals surface area contributed by atoms with E-state index in [0.717, 1.165) is 31.8 Å². The number of carbonyl (C=O) groups excluding carboxylic acids is 1.